The molecule has 0 N–H and O–H groups in total. The van der Waals surface area contributed by atoms with Crippen molar-refractivity contribution in [2.24, 2.45) is 5.92 Å². The number of carbonyl (C=O) groups excluding carboxylic acids is 2. The molecule has 0 aliphatic carbocycles. The first-order valence-electron chi connectivity index (χ1n) is 7.14. The highest BCUT2D eigenvalue weighted by molar-refractivity contribution is 5.73. The first-order chi connectivity index (χ1) is 9.08. The molecule has 1 heterocycles. The SMILES string of the molecule is CCOC(=O)CC(C)N1CCC[C@H](C(=O)OCC)C1. The average Bonchev–Trinajstić information content (AvgIpc) is 2.39. The van der Waals surface area contributed by atoms with E-state index in [9.17, 15) is 9.59 Å². The molecular weight excluding hydrogens is 246 g/mol. The molecule has 0 aromatic heterocycles. The third-order valence-corrected chi connectivity index (χ3v) is 3.46. The number of hydrogen-bond donors (Lipinski definition) is 0. The lowest BCUT2D eigenvalue weighted by molar-refractivity contribution is -0.150. The molecule has 0 aromatic rings. The summed E-state index contributed by atoms with van der Waals surface area (Å²) in [7, 11) is 0. The minimum absolute atomic E-state index is 0.0571. The highest BCUT2D eigenvalue weighted by Crippen LogP contribution is 2.21. The molecule has 0 bridgehead atoms. The standard InChI is InChI=1S/C14H25NO4/c1-4-18-13(16)9-11(3)15-8-6-7-12(10-15)14(17)19-5-2/h11-12H,4-10H2,1-3H3/t11?,12-/m0/s1. The molecule has 0 aromatic carbocycles. The summed E-state index contributed by atoms with van der Waals surface area (Å²) in [6, 6.07) is 0.108. The Morgan fingerprint density at radius 1 is 1.26 bits per heavy atom. The van der Waals surface area contributed by atoms with Crippen LogP contribution in [-0.2, 0) is 19.1 Å². The molecule has 2 atom stereocenters. The third-order valence-electron chi connectivity index (χ3n) is 3.46. The number of piperidine rings is 1. The van der Waals surface area contributed by atoms with Gasteiger partial charge in [0.15, 0.2) is 0 Å². The van der Waals surface area contributed by atoms with Gasteiger partial charge in [-0.3, -0.25) is 14.5 Å². The van der Waals surface area contributed by atoms with Crippen molar-refractivity contribution in [2.75, 3.05) is 26.3 Å². The Morgan fingerprint density at radius 3 is 2.58 bits per heavy atom. The highest BCUT2D eigenvalue weighted by atomic mass is 16.5. The van der Waals surface area contributed by atoms with Gasteiger partial charge in [-0.05, 0) is 40.2 Å². The van der Waals surface area contributed by atoms with E-state index in [0.29, 0.717) is 26.2 Å². The molecule has 1 aliphatic rings. The van der Waals surface area contributed by atoms with E-state index in [1.54, 1.807) is 6.92 Å². The van der Waals surface area contributed by atoms with E-state index in [-0.39, 0.29) is 23.9 Å². The summed E-state index contributed by atoms with van der Waals surface area (Å²) in [5, 5.41) is 0. The fraction of sp³-hybridized carbons (Fsp3) is 0.857. The summed E-state index contributed by atoms with van der Waals surface area (Å²) < 4.78 is 10.0. The van der Waals surface area contributed by atoms with Gasteiger partial charge in [-0.1, -0.05) is 0 Å². The summed E-state index contributed by atoms with van der Waals surface area (Å²) in [5.41, 5.74) is 0. The molecule has 0 amide bonds. The number of carbonyl (C=O) groups is 2. The first-order valence-corrected chi connectivity index (χ1v) is 7.14. The minimum atomic E-state index is -0.173. The fourth-order valence-corrected chi connectivity index (χ4v) is 2.45. The second kappa shape index (κ2) is 8.15. The Labute approximate surface area is 115 Å². The summed E-state index contributed by atoms with van der Waals surface area (Å²) >= 11 is 0. The van der Waals surface area contributed by atoms with Gasteiger partial charge in [-0.25, -0.2) is 0 Å². The Bertz CT molecular complexity index is 306. The number of ether oxygens (including phenoxy) is 2. The van der Waals surface area contributed by atoms with E-state index in [4.69, 9.17) is 9.47 Å². The summed E-state index contributed by atoms with van der Waals surface area (Å²) in [4.78, 5) is 25.4. The Morgan fingerprint density at radius 2 is 1.95 bits per heavy atom. The Balaban J connectivity index is 2.45. The summed E-state index contributed by atoms with van der Waals surface area (Å²) in [6.45, 7) is 8.08. The van der Waals surface area contributed by atoms with Crippen LogP contribution in [0.25, 0.3) is 0 Å². The molecule has 19 heavy (non-hydrogen) atoms. The minimum Gasteiger partial charge on any atom is -0.466 e. The van der Waals surface area contributed by atoms with Crippen LogP contribution < -0.4 is 0 Å². The molecule has 1 aliphatic heterocycles. The van der Waals surface area contributed by atoms with Crippen molar-refractivity contribution in [3.05, 3.63) is 0 Å². The lowest BCUT2D eigenvalue weighted by Gasteiger charge is -2.35. The van der Waals surface area contributed by atoms with E-state index in [0.717, 1.165) is 19.4 Å². The van der Waals surface area contributed by atoms with Gasteiger partial charge >= 0.3 is 11.9 Å². The summed E-state index contributed by atoms with van der Waals surface area (Å²) in [5.74, 6) is -0.345. The van der Waals surface area contributed by atoms with Crippen LogP contribution in [-0.4, -0.2) is 49.2 Å². The number of esters is 2. The molecule has 5 nitrogen and oxygen atoms in total. The van der Waals surface area contributed by atoms with Crippen molar-refractivity contribution in [3.8, 4) is 0 Å². The number of hydrogen-bond acceptors (Lipinski definition) is 5. The number of nitrogens with zero attached hydrogens (tertiary/aromatic N) is 1. The van der Waals surface area contributed by atoms with E-state index in [1.807, 2.05) is 13.8 Å². The number of rotatable bonds is 6. The van der Waals surface area contributed by atoms with Crippen LogP contribution in [0.2, 0.25) is 0 Å². The van der Waals surface area contributed by atoms with Gasteiger partial charge < -0.3 is 9.47 Å². The zero-order valence-corrected chi connectivity index (χ0v) is 12.2. The zero-order valence-electron chi connectivity index (χ0n) is 12.2. The van der Waals surface area contributed by atoms with Gasteiger partial charge in [0.05, 0.1) is 25.6 Å². The molecule has 0 saturated carbocycles. The second-order valence-electron chi connectivity index (χ2n) is 4.94. The Hall–Kier alpha value is -1.10. The zero-order chi connectivity index (χ0) is 14.3. The van der Waals surface area contributed by atoms with Crippen molar-refractivity contribution in [3.63, 3.8) is 0 Å². The average molecular weight is 271 g/mol. The molecule has 0 radical (unpaired) electrons. The molecule has 0 spiro atoms. The largest absolute Gasteiger partial charge is 0.466 e. The smallest absolute Gasteiger partial charge is 0.310 e. The van der Waals surface area contributed by atoms with E-state index < -0.39 is 0 Å². The fourth-order valence-electron chi connectivity index (χ4n) is 2.45. The maximum absolute atomic E-state index is 11.8. The van der Waals surface area contributed by atoms with Gasteiger partial charge in [0.25, 0.3) is 0 Å². The lowest BCUT2D eigenvalue weighted by atomic mass is 9.96. The molecule has 1 rings (SSSR count). The number of likely N-dealkylation sites (tertiary alicyclic amines) is 1. The van der Waals surface area contributed by atoms with Gasteiger partial charge in [-0.15, -0.1) is 0 Å². The van der Waals surface area contributed by atoms with Crippen LogP contribution in [0.15, 0.2) is 0 Å². The maximum Gasteiger partial charge on any atom is 0.310 e. The van der Waals surface area contributed by atoms with Crippen molar-refractivity contribution >= 4 is 11.9 Å². The van der Waals surface area contributed by atoms with E-state index in [2.05, 4.69) is 4.90 Å². The quantitative estimate of drug-likeness (QED) is 0.687. The molecule has 1 unspecified atom stereocenters. The topological polar surface area (TPSA) is 55.8 Å². The predicted octanol–water partition coefficient (Wildman–Crippen LogP) is 1.60. The van der Waals surface area contributed by atoms with Gasteiger partial charge in [0, 0.05) is 12.6 Å². The van der Waals surface area contributed by atoms with E-state index >= 15 is 0 Å². The van der Waals surface area contributed by atoms with Crippen LogP contribution in [0.4, 0.5) is 0 Å². The molecule has 110 valence electrons. The van der Waals surface area contributed by atoms with Crippen molar-refractivity contribution in [2.45, 2.75) is 46.1 Å². The van der Waals surface area contributed by atoms with Crippen LogP contribution in [0.5, 0.6) is 0 Å². The maximum atomic E-state index is 11.8. The first kappa shape index (κ1) is 16.0. The molecule has 1 fully saturated rings. The van der Waals surface area contributed by atoms with Gasteiger partial charge in [0.1, 0.15) is 0 Å². The van der Waals surface area contributed by atoms with Crippen LogP contribution in [0.3, 0.4) is 0 Å². The normalized spacial score (nSPS) is 21.7. The van der Waals surface area contributed by atoms with Gasteiger partial charge in [0.2, 0.25) is 0 Å². The lowest BCUT2D eigenvalue weighted by Crippen LogP contribution is -2.44. The van der Waals surface area contributed by atoms with Gasteiger partial charge in [-0.2, -0.15) is 0 Å². The molecule has 5 heteroatoms. The molecular formula is C14H25NO4. The van der Waals surface area contributed by atoms with Crippen molar-refractivity contribution in [1.29, 1.82) is 0 Å². The van der Waals surface area contributed by atoms with E-state index in [1.165, 1.54) is 0 Å². The van der Waals surface area contributed by atoms with Crippen LogP contribution >= 0.6 is 0 Å². The molecule has 1 saturated heterocycles. The Kier molecular flexibility index (Phi) is 6.84. The highest BCUT2D eigenvalue weighted by Gasteiger charge is 2.29. The predicted molar refractivity (Wildman–Crippen MR) is 71.6 cm³/mol. The van der Waals surface area contributed by atoms with Crippen molar-refractivity contribution < 1.29 is 19.1 Å². The van der Waals surface area contributed by atoms with Crippen LogP contribution in [0, 0.1) is 5.92 Å². The van der Waals surface area contributed by atoms with Crippen LogP contribution in [0.1, 0.15) is 40.0 Å². The summed E-state index contributed by atoms with van der Waals surface area (Å²) in [6.07, 6.45) is 2.22. The van der Waals surface area contributed by atoms with Crippen molar-refractivity contribution in [1.82, 2.24) is 4.90 Å². The monoisotopic (exact) mass is 271 g/mol. The third kappa shape index (κ3) is 5.19. The second-order valence-corrected chi connectivity index (χ2v) is 4.94.